The molecule has 2 saturated heterocycles. The van der Waals surface area contributed by atoms with E-state index in [-0.39, 0.29) is 35.1 Å². The van der Waals surface area contributed by atoms with Crippen molar-refractivity contribution in [1.29, 1.82) is 0 Å². The number of fused-ring (bicyclic) bond motifs is 1. The third-order valence-electron chi connectivity index (χ3n) is 6.33. The van der Waals surface area contributed by atoms with Crippen molar-refractivity contribution in [3.05, 3.63) is 59.2 Å². The van der Waals surface area contributed by atoms with Gasteiger partial charge in [-0.2, -0.15) is 4.99 Å². The maximum absolute atomic E-state index is 12.8. The molecule has 0 N–H and O–H groups in total. The molecule has 0 bridgehead atoms. The van der Waals surface area contributed by atoms with Gasteiger partial charge in [0.05, 0.1) is 24.0 Å². The van der Waals surface area contributed by atoms with Gasteiger partial charge < -0.3 is 9.80 Å². The predicted molar refractivity (Wildman–Crippen MR) is 138 cm³/mol. The van der Waals surface area contributed by atoms with Crippen LogP contribution in [0.3, 0.4) is 0 Å². The zero-order chi connectivity index (χ0) is 23.8. The highest BCUT2D eigenvalue weighted by molar-refractivity contribution is 8.16. The number of thioether (sulfide) groups is 1. The first-order chi connectivity index (χ1) is 15.7. The summed E-state index contributed by atoms with van der Waals surface area (Å²) in [4.78, 5) is 21.6. The lowest BCUT2D eigenvalue weighted by atomic mass is 10.1. The molecule has 2 fully saturated rings. The van der Waals surface area contributed by atoms with Crippen LogP contribution in [0.15, 0.2) is 47.5 Å². The molecular formula is C25H31N3O3S2. The van der Waals surface area contributed by atoms with Gasteiger partial charge in [0.15, 0.2) is 15.0 Å². The lowest BCUT2D eigenvalue weighted by Gasteiger charge is -2.28. The fourth-order valence-corrected chi connectivity index (χ4v) is 8.49. The highest BCUT2D eigenvalue weighted by atomic mass is 32.2. The molecule has 0 aromatic heterocycles. The third kappa shape index (κ3) is 5.11. The van der Waals surface area contributed by atoms with Crippen LogP contribution >= 0.6 is 11.8 Å². The molecular weight excluding hydrogens is 454 g/mol. The van der Waals surface area contributed by atoms with Crippen LogP contribution in [0.1, 0.15) is 30.5 Å². The van der Waals surface area contributed by atoms with E-state index in [1.165, 1.54) is 11.8 Å². The Morgan fingerprint density at radius 1 is 1.09 bits per heavy atom. The van der Waals surface area contributed by atoms with Gasteiger partial charge in [-0.15, -0.1) is 0 Å². The number of anilines is 2. The van der Waals surface area contributed by atoms with E-state index in [9.17, 15) is 13.2 Å². The number of amidine groups is 1. The molecule has 0 unspecified atom stereocenters. The number of aryl methyl sites for hydroxylation is 2. The van der Waals surface area contributed by atoms with Crippen molar-refractivity contribution in [1.82, 2.24) is 0 Å². The van der Waals surface area contributed by atoms with Crippen LogP contribution in [0, 0.1) is 13.8 Å². The fraction of sp³-hybridized carbons (Fsp3) is 0.440. The molecule has 2 aromatic carbocycles. The summed E-state index contributed by atoms with van der Waals surface area (Å²) in [5.41, 5.74) is 5.17. The van der Waals surface area contributed by atoms with E-state index in [1.807, 2.05) is 49.1 Å². The number of aliphatic imine (C=N–C) groups is 1. The Morgan fingerprint density at radius 2 is 1.79 bits per heavy atom. The summed E-state index contributed by atoms with van der Waals surface area (Å²) in [6.07, 6.45) is 0.228. The normalized spacial score (nSPS) is 22.5. The van der Waals surface area contributed by atoms with Crippen LogP contribution in [0.4, 0.5) is 11.4 Å². The van der Waals surface area contributed by atoms with Crippen LogP contribution in [0.2, 0.25) is 0 Å². The number of sulfone groups is 1. The van der Waals surface area contributed by atoms with Crippen molar-refractivity contribution in [3.8, 4) is 0 Å². The minimum absolute atomic E-state index is 0.0904. The summed E-state index contributed by atoms with van der Waals surface area (Å²) in [7, 11) is -3.10. The molecule has 0 radical (unpaired) electrons. The molecule has 2 atom stereocenters. The molecule has 1 amide bonds. The van der Waals surface area contributed by atoms with Crippen molar-refractivity contribution in [2.24, 2.45) is 4.99 Å². The summed E-state index contributed by atoms with van der Waals surface area (Å²) in [5.74, 6) is -0.000180. The second kappa shape index (κ2) is 9.50. The molecule has 2 aliphatic heterocycles. The van der Waals surface area contributed by atoms with Gasteiger partial charge >= 0.3 is 0 Å². The van der Waals surface area contributed by atoms with E-state index in [2.05, 4.69) is 35.9 Å². The Balaban J connectivity index is 1.66. The number of hydrogen-bond acceptors (Lipinski definition) is 5. The van der Waals surface area contributed by atoms with Crippen molar-refractivity contribution >= 4 is 44.0 Å². The van der Waals surface area contributed by atoms with Crippen LogP contribution in [-0.2, 0) is 21.1 Å². The number of rotatable bonds is 6. The summed E-state index contributed by atoms with van der Waals surface area (Å²) in [6, 6.07) is 13.9. The van der Waals surface area contributed by atoms with Gasteiger partial charge in [0.25, 0.3) is 5.91 Å². The molecule has 0 saturated carbocycles. The number of hydrogen-bond donors (Lipinski definition) is 0. The average Bonchev–Trinajstić information content (AvgIpc) is 3.22. The number of carbonyl (C=O) groups excluding carboxylic acids is 1. The monoisotopic (exact) mass is 485 g/mol. The minimum atomic E-state index is -3.10. The maximum atomic E-state index is 12.8. The molecule has 6 nitrogen and oxygen atoms in total. The molecule has 2 aromatic rings. The number of benzene rings is 2. The average molecular weight is 486 g/mol. The number of carbonyl (C=O) groups is 1. The molecule has 33 heavy (non-hydrogen) atoms. The maximum Gasteiger partial charge on any atom is 0.252 e. The van der Waals surface area contributed by atoms with Crippen molar-refractivity contribution in [3.63, 3.8) is 0 Å². The number of nitrogens with zero attached hydrogens (tertiary/aromatic N) is 3. The second-order valence-corrected chi connectivity index (χ2v) is 12.1. The van der Waals surface area contributed by atoms with E-state index < -0.39 is 9.84 Å². The Morgan fingerprint density at radius 3 is 2.42 bits per heavy atom. The molecule has 4 rings (SSSR count). The Kier molecular flexibility index (Phi) is 6.86. The topological polar surface area (TPSA) is 70.0 Å². The summed E-state index contributed by atoms with van der Waals surface area (Å²) >= 11 is 1.42. The van der Waals surface area contributed by atoms with Gasteiger partial charge in [0.1, 0.15) is 0 Å². The zero-order valence-electron chi connectivity index (χ0n) is 19.6. The van der Waals surface area contributed by atoms with Gasteiger partial charge in [0, 0.05) is 29.7 Å². The van der Waals surface area contributed by atoms with Gasteiger partial charge in [-0.25, -0.2) is 8.42 Å². The second-order valence-electron chi connectivity index (χ2n) is 8.76. The molecule has 2 heterocycles. The minimum Gasteiger partial charge on any atom is -0.372 e. The smallest absolute Gasteiger partial charge is 0.252 e. The molecule has 176 valence electrons. The van der Waals surface area contributed by atoms with E-state index in [1.54, 1.807) is 0 Å². The van der Waals surface area contributed by atoms with Crippen molar-refractivity contribution < 1.29 is 13.2 Å². The standard InChI is InChI=1S/C25H31N3O3S2/c1-5-27(6-2)20-11-12-21(18(4)13-20)28-22-15-33(30,31)16-23(22)32-25(28)26-24(29)14-19-9-7-17(3)8-10-19/h7-13,22-23H,5-6,14-16H2,1-4H3/t22-,23+/m1/s1. The summed E-state index contributed by atoms with van der Waals surface area (Å²) in [5, 5.41) is 0.499. The predicted octanol–water partition coefficient (Wildman–Crippen LogP) is 3.99. The van der Waals surface area contributed by atoms with Crippen LogP contribution in [0.5, 0.6) is 0 Å². The quantitative estimate of drug-likeness (QED) is 0.616. The third-order valence-corrected chi connectivity index (χ3v) is 9.54. The highest BCUT2D eigenvalue weighted by Crippen LogP contribution is 2.42. The molecule has 2 aliphatic rings. The van der Waals surface area contributed by atoms with Gasteiger partial charge in [-0.3, -0.25) is 4.79 Å². The van der Waals surface area contributed by atoms with Gasteiger partial charge in [0.2, 0.25) is 0 Å². The highest BCUT2D eigenvalue weighted by Gasteiger charge is 2.49. The SMILES string of the molecule is CCN(CC)c1ccc(N2C(=NC(=O)Cc3ccc(C)cc3)S[C@H]3CS(=O)(=O)C[C@H]32)c(C)c1. The molecule has 0 aliphatic carbocycles. The Hall–Kier alpha value is -2.32. The van der Waals surface area contributed by atoms with Gasteiger partial charge in [-0.05, 0) is 57.0 Å². The van der Waals surface area contributed by atoms with Crippen molar-refractivity contribution in [2.75, 3.05) is 34.4 Å². The lowest BCUT2D eigenvalue weighted by Crippen LogP contribution is -2.38. The Labute approximate surface area is 201 Å². The van der Waals surface area contributed by atoms with E-state index >= 15 is 0 Å². The lowest BCUT2D eigenvalue weighted by molar-refractivity contribution is -0.117. The van der Waals surface area contributed by atoms with Crippen LogP contribution in [0.25, 0.3) is 0 Å². The van der Waals surface area contributed by atoms with Crippen molar-refractivity contribution in [2.45, 2.75) is 45.4 Å². The zero-order valence-corrected chi connectivity index (χ0v) is 21.2. The molecule has 8 heteroatoms. The summed E-state index contributed by atoms with van der Waals surface area (Å²) in [6.45, 7) is 10.1. The number of amides is 1. The van der Waals surface area contributed by atoms with Gasteiger partial charge in [-0.1, -0.05) is 41.6 Å². The first-order valence-corrected chi connectivity index (χ1v) is 14.1. The summed E-state index contributed by atoms with van der Waals surface area (Å²) < 4.78 is 24.7. The Bertz CT molecular complexity index is 1170. The van der Waals surface area contributed by atoms with Crippen LogP contribution < -0.4 is 9.80 Å². The van der Waals surface area contributed by atoms with E-state index in [4.69, 9.17) is 0 Å². The van der Waals surface area contributed by atoms with E-state index in [0.29, 0.717) is 5.17 Å². The van der Waals surface area contributed by atoms with E-state index in [0.717, 1.165) is 41.2 Å². The first kappa shape index (κ1) is 23.8. The van der Waals surface area contributed by atoms with Crippen LogP contribution in [-0.4, -0.2) is 55.4 Å². The largest absolute Gasteiger partial charge is 0.372 e. The fourth-order valence-electron chi connectivity index (χ4n) is 4.57. The first-order valence-electron chi connectivity index (χ1n) is 11.4. The molecule has 0 spiro atoms.